The monoisotopic (exact) mass is 370 g/mol. The Labute approximate surface area is 154 Å². The van der Waals surface area contributed by atoms with Gasteiger partial charge in [0, 0.05) is 24.6 Å². The van der Waals surface area contributed by atoms with Crippen LogP contribution in [0.25, 0.3) is 11.1 Å². The van der Waals surface area contributed by atoms with Crippen molar-refractivity contribution in [2.45, 2.75) is 25.3 Å². The summed E-state index contributed by atoms with van der Waals surface area (Å²) < 4.78 is 2.76. The van der Waals surface area contributed by atoms with Gasteiger partial charge in [0.2, 0.25) is 0 Å². The molecule has 2 N–H and O–H groups in total. The van der Waals surface area contributed by atoms with Gasteiger partial charge in [0.1, 0.15) is 5.82 Å². The second-order valence-electron chi connectivity index (χ2n) is 6.08. The molecule has 7 heteroatoms. The Kier molecular flexibility index (Phi) is 4.50. The number of thiophene rings is 1. The summed E-state index contributed by atoms with van der Waals surface area (Å²) in [6, 6.07) is 12.5. The van der Waals surface area contributed by atoms with Crippen molar-refractivity contribution in [1.29, 1.82) is 0 Å². The molecule has 2 heterocycles. The lowest BCUT2D eigenvalue weighted by atomic mass is 10.1. The number of aromatic amines is 1. The molecule has 1 amide bonds. The molecule has 4 rings (SSSR count). The van der Waals surface area contributed by atoms with Gasteiger partial charge in [0.15, 0.2) is 4.77 Å². The summed E-state index contributed by atoms with van der Waals surface area (Å²) in [5.74, 6) is 0.878. The molecular weight excluding hydrogens is 352 g/mol. The normalized spacial score (nSPS) is 13.8. The van der Waals surface area contributed by atoms with Crippen LogP contribution in [-0.2, 0) is 6.42 Å². The van der Waals surface area contributed by atoms with Crippen LogP contribution in [0.1, 0.15) is 34.4 Å². The average Bonchev–Trinajstić information content (AvgIpc) is 3.21. The van der Waals surface area contributed by atoms with E-state index in [4.69, 9.17) is 12.2 Å². The molecule has 0 bridgehead atoms. The van der Waals surface area contributed by atoms with Gasteiger partial charge in [0.05, 0.1) is 4.88 Å². The number of benzene rings is 1. The number of nitrogens with one attached hydrogen (secondary N) is 2. The number of carbonyl (C=O) groups excluding carboxylic acids is 1. The van der Waals surface area contributed by atoms with Crippen molar-refractivity contribution in [3.05, 3.63) is 57.3 Å². The van der Waals surface area contributed by atoms with Gasteiger partial charge in [-0.2, -0.15) is 5.10 Å². The maximum absolute atomic E-state index is 12.6. The third kappa shape index (κ3) is 3.43. The van der Waals surface area contributed by atoms with Crippen LogP contribution in [0.2, 0.25) is 0 Å². The topological polar surface area (TPSA) is 62.7 Å². The number of carbonyl (C=O) groups is 1. The van der Waals surface area contributed by atoms with Gasteiger partial charge in [-0.05, 0) is 42.1 Å². The summed E-state index contributed by atoms with van der Waals surface area (Å²) in [5, 5.41) is 12.1. The lowest BCUT2D eigenvalue weighted by Crippen LogP contribution is -2.26. The highest BCUT2D eigenvalue weighted by atomic mass is 32.1. The van der Waals surface area contributed by atoms with Crippen molar-refractivity contribution in [2.24, 2.45) is 0 Å². The average molecular weight is 371 g/mol. The van der Waals surface area contributed by atoms with Crippen molar-refractivity contribution in [3.8, 4) is 11.1 Å². The van der Waals surface area contributed by atoms with Crippen molar-refractivity contribution in [3.63, 3.8) is 0 Å². The molecule has 1 aliphatic carbocycles. The maximum Gasteiger partial charge on any atom is 0.262 e. The first-order valence-corrected chi connectivity index (χ1v) is 9.59. The second-order valence-corrected chi connectivity index (χ2v) is 7.38. The van der Waals surface area contributed by atoms with E-state index in [-0.39, 0.29) is 5.91 Å². The van der Waals surface area contributed by atoms with Crippen LogP contribution in [-0.4, -0.2) is 27.2 Å². The number of amides is 1. The van der Waals surface area contributed by atoms with E-state index in [1.807, 2.05) is 41.8 Å². The lowest BCUT2D eigenvalue weighted by Gasteiger charge is -2.07. The minimum Gasteiger partial charge on any atom is -0.351 e. The minimum atomic E-state index is -0.0408. The van der Waals surface area contributed by atoms with Crippen molar-refractivity contribution < 1.29 is 4.79 Å². The maximum atomic E-state index is 12.6. The van der Waals surface area contributed by atoms with Crippen molar-refractivity contribution in [1.82, 2.24) is 20.1 Å². The molecule has 3 aromatic rings. The number of aromatic nitrogens is 3. The van der Waals surface area contributed by atoms with Gasteiger partial charge in [0.25, 0.3) is 5.91 Å². The molecule has 1 aliphatic rings. The second kappa shape index (κ2) is 6.93. The minimum absolute atomic E-state index is 0.0408. The molecule has 0 atom stereocenters. The lowest BCUT2D eigenvalue weighted by molar-refractivity contribution is 0.0958. The molecular formula is C18H18N4OS2. The Morgan fingerprint density at radius 1 is 1.32 bits per heavy atom. The summed E-state index contributed by atoms with van der Waals surface area (Å²) in [5.41, 5.74) is 2.03. The van der Waals surface area contributed by atoms with Crippen LogP contribution in [0.4, 0.5) is 0 Å². The van der Waals surface area contributed by atoms with Gasteiger partial charge in [-0.1, -0.05) is 30.3 Å². The largest absolute Gasteiger partial charge is 0.351 e. The van der Waals surface area contributed by atoms with Gasteiger partial charge in [-0.3, -0.25) is 9.89 Å². The molecule has 2 aromatic heterocycles. The van der Waals surface area contributed by atoms with Gasteiger partial charge >= 0.3 is 0 Å². The van der Waals surface area contributed by atoms with E-state index in [0.717, 1.165) is 34.7 Å². The molecule has 25 heavy (non-hydrogen) atoms. The van der Waals surface area contributed by atoms with Crippen LogP contribution in [0.5, 0.6) is 0 Å². The molecule has 128 valence electrons. The molecule has 0 radical (unpaired) electrons. The molecule has 5 nitrogen and oxygen atoms in total. The fourth-order valence-corrected chi connectivity index (χ4v) is 4.05. The summed E-state index contributed by atoms with van der Waals surface area (Å²) in [6.45, 7) is 0.539. The summed E-state index contributed by atoms with van der Waals surface area (Å²) in [7, 11) is 0. The first-order chi connectivity index (χ1) is 12.2. The molecule has 1 fully saturated rings. The predicted octanol–water partition coefficient (Wildman–Crippen LogP) is 3.98. The first kappa shape index (κ1) is 16.2. The summed E-state index contributed by atoms with van der Waals surface area (Å²) in [4.78, 5) is 13.3. The molecule has 0 saturated heterocycles. The van der Waals surface area contributed by atoms with E-state index in [1.165, 1.54) is 11.3 Å². The summed E-state index contributed by atoms with van der Waals surface area (Å²) >= 11 is 6.75. The highest BCUT2D eigenvalue weighted by Gasteiger charge is 2.27. The Morgan fingerprint density at radius 3 is 2.88 bits per heavy atom. The fourth-order valence-electron chi connectivity index (χ4n) is 2.92. The SMILES string of the molecule is O=C(NCCc1n[nH]c(=S)n1C1CC1)c1sccc1-c1ccccc1. The van der Waals surface area contributed by atoms with Crippen LogP contribution in [0.15, 0.2) is 41.8 Å². The number of hydrogen-bond acceptors (Lipinski definition) is 4. The third-order valence-electron chi connectivity index (χ3n) is 4.28. The van der Waals surface area contributed by atoms with Crippen LogP contribution in [0.3, 0.4) is 0 Å². The van der Waals surface area contributed by atoms with E-state index < -0.39 is 0 Å². The van der Waals surface area contributed by atoms with E-state index in [9.17, 15) is 4.79 Å². The Balaban J connectivity index is 1.42. The summed E-state index contributed by atoms with van der Waals surface area (Å²) in [6.07, 6.45) is 2.98. The fraction of sp³-hybridized carbons (Fsp3) is 0.278. The Bertz CT molecular complexity index is 937. The number of rotatable bonds is 6. The highest BCUT2D eigenvalue weighted by molar-refractivity contribution is 7.71. The number of nitrogens with zero attached hydrogens (tertiary/aromatic N) is 2. The van der Waals surface area contributed by atoms with E-state index in [1.54, 1.807) is 0 Å². The predicted molar refractivity (Wildman–Crippen MR) is 101 cm³/mol. The van der Waals surface area contributed by atoms with Crippen molar-refractivity contribution >= 4 is 29.5 Å². The van der Waals surface area contributed by atoms with Gasteiger partial charge in [-0.15, -0.1) is 11.3 Å². The number of hydrogen-bond donors (Lipinski definition) is 2. The molecule has 0 aliphatic heterocycles. The molecule has 1 saturated carbocycles. The third-order valence-corrected chi connectivity index (χ3v) is 5.48. The number of H-pyrrole nitrogens is 1. The molecule has 1 aromatic carbocycles. The standard InChI is InChI=1S/C18H18N4OS2/c23-17(16-14(9-11-25-16)12-4-2-1-3-5-12)19-10-8-15-20-21-18(24)22(15)13-6-7-13/h1-5,9,11,13H,6-8,10H2,(H,19,23)(H,21,24). The zero-order chi connectivity index (χ0) is 17.2. The van der Waals surface area contributed by atoms with Crippen molar-refractivity contribution in [2.75, 3.05) is 6.54 Å². The first-order valence-electron chi connectivity index (χ1n) is 8.31. The van der Waals surface area contributed by atoms with E-state index in [0.29, 0.717) is 23.8 Å². The van der Waals surface area contributed by atoms with E-state index >= 15 is 0 Å². The van der Waals surface area contributed by atoms with Gasteiger partial charge in [-0.25, -0.2) is 0 Å². The zero-order valence-electron chi connectivity index (χ0n) is 13.6. The smallest absolute Gasteiger partial charge is 0.262 e. The molecule has 0 spiro atoms. The van der Waals surface area contributed by atoms with Crippen LogP contribution < -0.4 is 5.32 Å². The van der Waals surface area contributed by atoms with Crippen LogP contribution in [0, 0.1) is 4.77 Å². The zero-order valence-corrected chi connectivity index (χ0v) is 15.2. The Hall–Kier alpha value is -2.25. The van der Waals surface area contributed by atoms with E-state index in [2.05, 4.69) is 20.1 Å². The Morgan fingerprint density at radius 2 is 2.12 bits per heavy atom. The molecule has 0 unspecified atom stereocenters. The van der Waals surface area contributed by atoms with Gasteiger partial charge < -0.3 is 9.88 Å². The highest BCUT2D eigenvalue weighted by Crippen LogP contribution is 2.35. The quantitative estimate of drug-likeness (QED) is 0.645. The van der Waals surface area contributed by atoms with Crippen LogP contribution >= 0.6 is 23.6 Å².